The summed E-state index contributed by atoms with van der Waals surface area (Å²) < 4.78 is 0. The first-order valence-electron chi connectivity index (χ1n) is 2.29. The maximum atomic E-state index is 8.00. The molecule has 0 saturated heterocycles. The minimum absolute atomic E-state index is 0. The largest absolute Gasteiger partial charge is 2.00 e. The van der Waals surface area contributed by atoms with Crippen molar-refractivity contribution in [3.8, 4) is 0 Å². The van der Waals surface area contributed by atoms with Gasteiger partial charge in [-0.15, -0.1) is 6.42 Å². The minimum atomic E-state index is 0. The molecular weight excluding hydrogens is 184 g/mol. The van der Waals surface area contributed by atoms with Crippen LogP contribution in [-0.4, -0.2) is 13.6 Å². The van der Waals surface area contributed by atoms with E-state index < -0.39 is 0 Å². The van der Waals surface area contributed by atoms with Crippen LogP contribution < -0.4 is 0 Å². The Morgan fingerprint density at radius 1 is 1.18 bits per heavy atom. The van der Waals surface area contributed by atoms with E-state index >= 15 is 0 Å². The maximum absolute atomic E-state index is 8.00. The van der Waals surface area contributed by atoms with Gasteiger partial charge in [0.1, 0.15) is 13.6 Å². The molecule has 0 amide bonds. The van der Waals surface area contributed by atoms with Crippen LogP contribution in [0, 0.1) is 13.5 Å². The molecule has 0 unspecified atom stereocenters. The summed E-state index contributed by atoms with van der Waals surface area (Å²) in [6.07, 6.45) is 10.0. The van der Waals surface area contributed by atoms with E-state index in [2.05, 4.69) is 12.2 Å². The van der Waals surface area contributed by atoms with Crippen LogP contribution in [-0.2, 0) is 26.7 Å². The van der Waals surface area contributed by atoms with E-state index in [9.17, 15) is 0 Å². The minimum Gasteiger partial charge on any atom is -0.358 e. The van der Waals surface area contributed by atoms with E-state index in [1.165, 1.54) is 0 Å². The smallest absolute Gasteiger partial charge is 0.358 e. The summed E-state index contributed by atoms with van der Waals surface area (Å²) in [4.78, 5) is 16.0. The van der Waals surface area contributed by atoms with E-state index in [0.717, 1.165) is 6.42 Å². The summed E-state index contributed by atoms with van der Waals surface area (Å²) in [5.41, 5.74) is 0. The van der Waals surface area contributed by atoms with Crippen LogP contribution >= 0.6 is 0 Å². The van der Waals surface area contributed by atoms with Crippen LogP contribution in [0.2, 0.25) is 0 Å². The fourth-order valence-electron chi connectivity index (χ4n) is 0.340. The summed E-state index contributed by atoms with van der Waals surface area (Å²) in [6.45, 7) is 4.00. The normalized spacial score (nSPS) is 8.73. The predicted octanol–water partition coefficient (Wildman–Crippen LogP) is 1.38. The quantitative estimate of drug-likeness (QED) is 0.433. The monoisotopic (exact) mass is 196 g/mol. The van der Waals surface area contributed by atoms with Gasteiger partial charge < -0.3 is 17.0 Å². The van der Waals surface area contributed by atoms with Crippen molar-refractivity contribution in [2.45, 2.75) is 6.42 Å². The van der Waals surface area contributed by atoms with Gasteiger partial charge in [-0.3, -0.25) is 6.08 Å². The molecule has 0 fully saturated rings. The maximum Gasteiger partial charge on any atom is 2.00 e. The molecule has 0 radical (unpaired) electrons. The molecule has 3 heteroatoms. The number of hydrogen-bond acceptors (Lipinski definition) is 2. The standard InChI is InChI=1S/C5H5.2CH2O.CH3.Fe/c1-2-4-5-3-1;2*1-2;;/h1-3H,4H2;2*1H2;1H3;/q-1;;;-1;+2. The zero-order valence-corrected chi connectivity index (χ0v) is 7.63. The Labute approximate surface area is 78.8 Å². The number of hydrogen-bond donors (Lipinski definition) is 0. The molecule has 2 nitrogen and oxygen atoms in total. The van der Waals surface area contributed by atoms with Crippen molar-refractivity contribution in [1.29, 1.82) is 0 Å². The Bertz CT molecular complexity index is 88.3. The van der Waals surface area contributed by atoms with Gasteiger partial charge in [0.25, 0.3) is 0 Å². The van der Waals surface area contributed by atoms with Gasteiger partial charge in [0, 0.05) is 0 Å². The van der Waals surface area contributed by atoms with Gasteiger partial charge >= 0.3 is 17.1 Å². The van der Waals surface area contributed by atoms with Crippen molar-refractivity contribution in [2.75, 3.05) is 0 Å². The van der Waals surface area contributed by atoms with Gasteiger partial charge in [-0.05, 0) is 0 Å². The zero-order valence-electron chi connectivity index (χ0n) is 6.52. The molecule has 0 aliphatic heterocycles. The Hall–Kier alpha value is -0.661. The first-order chi connectivity index (χ1) is 4.50. The molecule has 0 heterocycles. The molecule has 0 spiro atoms. The van der Waals surface area contributed by atoms with E-state index in [4.69, 9.17) is 9.59 Å². The number of rotatable bonds is 0. The first-order valence-corrected chi connectivity index (χ1v) is 2.29. The summed E-state index contributed by atoms with van der Waals surface area (Å²) >= 11 is 0. The van der Waals surface area contributed by atoms with Crippen molar-refractivity contribution in [3.05, 3.63) is 31.7 Å². The van der Waals surface area contributed by atoms with Crippen molar-refractivity contribution in [3.63, 3.8) is 0 Å². The molecule has 0 bridgehead atoms. The molecular formula is C8H12FeO2. The Balaban J connectivity index is -0.0000000369. The van der Waals surface area contributed by atoms with Crippen LogP contribution in [0.25, 0.3) is 0 Å². The Morgan fingerprint density at radius 3 is 1.73 bits per heavy atom. The second kappa shape index (κ2) is 34.5. The van der Waals surface area contributed by atoms with Crippen LogP contribution in [0.5, 0.6) is 0 Å². The fourth-order valence-corrected chi connectivity index (χ4v) is 0.340. The third-order valence-corrected chi connectivity index (χ3v) is 0.586. The van der Waals surface area contributed by atoms with Crippen molar-refractivity contribution in [1.82, 2.24) is 0 Å². The molecule has 64 valence electrons. The molecule has 1 aliphatic carbocycles. The molecule has 0 N–H and O–H groups in total. The van der Waals surface area contributed by atoms with Crippen LogP contribution in [0.15, 0.2) is 18.2 Å². The van der Waals surface area contributed by atoms with Gasteiger partial charge in [-0.2, -0.15) is 6.08 Å². The van der Waals surface area contributed by atoms with Crippen LogP contribution in [0.1, 0.15) is 6.42 Å². The Morgan fingerprint density at radius 2 is 1.64 bits per heavy atom. The van der Waals surface area contributed by atoms with Crippen molar-refractivity contribution in [2.24, 2.45) is 0 Å². The van der Waals surface area contributed by atoms with Gasteiger partial charge in [0.05, 0.1) is 0 Å². The second-order valence-electron chi connectivity index (χ2n) is 1.00. The van der Waals surface area contributed by atoms with Crippen LogP contribution in [0.3, 0.4) is 0 Å². The van der Waals surface area contributed by atoms with Gasteiger partial charge in [-0.1, -0.05) is 0 Å². The van der Waals surface area contributed by atoms with Crippen molar-refractivity contribution >= 4 is 13.6 Å². The van der Waals surface area contributed by atoms with Crippen molar-refractivity contribution < 1.29 is 26.7 Å². The van der Waals surface area contributed by atoms with E-state index in [1.54, 1.807) is 0 Å². The molecule has 11 heavy (non-hydrogen) atoms. The van der Waals surface area contributed by atoms with Gasteiger partial charge in [0.15, 0.2) is 0 Å². The zero-order chi connectivity index (χ0) is 7.54. The fraction of sp³-hybridized carbons (Fsp3) is 0.125. The third kappa shape index (κ3) is 26.7. The summed E-state index contributed by atoms with van der Waals surface area (Å²) in [5, 5.41) is 0. The third-order valence-electron chi connectivity index (χ3n) is 0.586. The Kier molecular flexibility index (Phi) is 70.4. The van der Waals surface area contributed by atoms with Gasteiger partial charge in [0.2, 0.25) is 0 Å². The van der Waals surface area contributed by atoms with E-state index in [0.29, 0.717) is 0 Å². The summed E-state index contributed by atoms with van der Waals surface area (Å²) in [6, 6.07) is 0. The number of allylic oxidation sites excluding steroid dienone is 4. The first kappa shape index (κ1) is 22.4. The molecule has 0 aromatic carbocycles. The summed E-state index contributed by atoms with van der Waals surface area (Å²) in [5.74, 6) is 0. The van der Waals surface area contributed by atoms with E-state index in [-0.39, 0.29) is 24.5 Å². The van der Waals surface area contributed by atoms with Gasteiger partial charge in [-0.25, -0.2) is 12.2 Å². The number of carbonyl (C=O) groups is 2. The molecule has 1 aliphatic rings. The molecule has 0 aromatic heterocycles. The topological polar surface area (TPSA) is 34.1 Å². The average Bonchev–Trinajstić information content (AvgIpc) is 2.51. The second-order valence-corrected chi connectivity index (χ2v) is 1.00. The molecule has 0 aromatic rings. The molecule has 0 atom stereocenters. The molecule has 0 saturated carbocycles. The summed E-state index contributed by atoms with van der Waals surface area (Å²) in [7, 11) is 0. The molecule has 1 rings (SSSR count). The predicted molar refractivity (Wildman–Crippen MR) is 42.2 cm³/mol. The van der Waals surface area contributed by atoms with Crippen LogP contribution in [0.4, 0.5) is 0 Å². The van der Waals surface area contributed by atoms with E-state index in [1.807, 2.05) is 25.7 Å². The number of carbonyl (C=O) groups excluding carboxylic acids is 2. The SMILES string of the molecule is C=O.C=O.[C-]1=CC=CC1.[CH3-].[Fe+2]. The average molecular weight is 196 g/mol.